The molecular weight excluding hydrogens is 262 g/mol. The maximum absolute atomic E-state index is 9.20. The van der Waals surface area contributed by atoms with Gasteiger partial charge < -0.3 is 23.8 Å². The summed E-state index contributed by atoms with van der Waals surface area (Å²) in [6.07, 6.45) is 0. The van der Waals surface area contributed by atoms with Gasteiger partial charge in [-0.05, 0) is 24.6 Å². The fourth-order valence-corrected chi connectivity index (χ4v) is 1.80. The van der Waals surface area contributed by atoms with Crippen molar-refractivity contribution in [3.63, 3.8) is 0 Å². The number of aliphatic hydroxyl groups is 1. The van der Waals surface area contributed by atoms with Crippen molar-refractivity contribution < 1.29 is 23.8 Å². The molecule has 0 aliphatic heterocycles. The minimum absolute atomic E-state index is 0.103. The molecule has 20 heavy (non-hydrogen) atoms. The number of ether oxygens (including phenoxy) is 3. The zero-order chi connectivity index (χ0) is 14.5. The first-order chi connectivity index (χ1) is 9.67. The van der Waals surface area contributed by atoms with E-state index in [-0.39, 0.29) is 13.2 Å². The van der Waals surface area contributed by atoms with E-state index in [1.165, 1.54) is 14.2 Å². The Morgan fingerprint density at radius 2 is 1.80 bits per heavy atom. The second-order valence-corrected chi connectivity index (χ2v) is 4.21. The first-order valence-corrected chi connectivity index (χ1v) is 6.08. The Balaban J connectivity index is 2.24. The summed E-state index contributed by atoms with van der Waals surface area (Å²) in [5.41, 5.74) is 1.47. The van der Waals surface area contributed by atoms with Gasteiger partial charge in [0.15, 0.2) is 17.3 Å². The first-order valence-electron chi connectivity index (χ1n) is 6.08. The van der Waals surface area contributed by atoms with Crippen LogP contribution in [0.15, 0.2) is 22.7 Å². The Labute approximate surface area is 116 Å². The lowest BCUT2D eigenvalue weighted by Gasteiger charge is -2.14. The predicted octanol–water partition coefficient (Wildman–Crippen LogP) is 2.07. The summed E-state index contributed by atoms with van der Waals surface area (Å²) in [6.45, 7) is 1.95. The second kappa shape index (κ2) is 6.29. The van der Waals surface area contributed by atoms with Gasteiger partial charge >= 0.3 is 0 Å². The number of aliphatic hydroxyl groups excluding tert-OH is 1. The van der Waals surface area contributed by atoms with E-state index in [1.807, 2.05) is 6.92 Å². The van der Waals surface area contributed by atoms with Gasteiger partial charge in [0.1, 0.15) is 6.61 Å². The van der Waals surface area contributed by atoms with Crippen LogP contribution in [0.4, 0.5) is 0 Å². The molecule has 0 aliphatic carbocycles. The van der Waals surface area contributed by atoms with Crippen LogP contribution in [0.1, 0.15) is 17.0 Å². The summed E-state index contributed by atoms with van der Waals surface area (Å²) in [6, 6.07) is 5.19. The molecule has 0 fully saturated rings. The number of methoxy groups -OCH3 is 2. The highest BCUT2D eigenvalue weighted by Gasteiger charge is 2.15. The molecule has 6 nitrogen and oxygen atoms in total. The van der Waals surface area contributed by atoms with Gasteiger partial charge in [-0.1, -0.05) is 5.16 Å². The maximum Gasteiger partial charge on any atom is 0.204 e. The number of rotatable bonds is 6. The van der Waals surface area contributed by atoms with Gasteiger partial charge in [0.05, 0.1) is 26.5 Å². The molecule has 1 aromatic carbocycles. The van der Waals surface area contributed by atoms with Crippen LogP contribution in [0.3, 0.4) is 0 Å². The van der Waals surface area contributed by atoms with E-state index >= 15 is 0 Å². The highest BCUT2D eigenvalue weighted by molar-refractivity contribution is 5.53. The highest BCUT2D eigenvalue weighted by atomic mass is 16.5. The van der Waals surface area contributed by atoms with Gasteiger partial charge in [0.25, 0.3) is 0 Å². The van der Waals surface area contributed by atoms with Gasteiger partial charge in [-0.25, -0.2) is 0 Å². The Morgan fingerprint density at radius 3 is 2.25 bits per heavy atom. The topological polar surface area (TPSA) is 74.0 Å². The lowest BCUT2D eigenvalue weighted by molar-refractivity contribution is 0.227. The number of hydrogen-bond donors (Lipinski definition) is 1. The molecule has 0 amide bonds. The van der Waals surface area contributed by atoms with Gasteiger partial charge in [-0.3, -0.25) is 0 Å². The van der Waals surface area contributed by atoms with E-state index in [0.717, 1.165) is 5.69 Å². The molecule has 108 valence electrons. The number of hydrogen-bond acceptors (Lipinski definition) is 6. The molecular formula is C14H17NO5. The largest absolute Gasteiger partial charge is 0.493 e. The molecule has 0 spiro atoms. The monoisotopic (exact) mass is 279 g/mol. The molecule has 0 bridgehead atoms. The summed E-state index contributed by atoms with van der Waals surface area (Å²) in [5, 5.41) is 13.0. The standard InChI is InChI=1S/C14H17NO5/c1-9-4-11(20-15-9)8-19-14-12(17-2)5-10(7-16)6-13(14)18-3/h4-6,16H,7-8H2,1-3H3. The van der Waals surface area contributed by atoms with Gasteiger partial charge in [-0.2, -0.15) is 0 Å². The van der Waals surface area contributed by atoms with Crippen LogP contribution >= 0.6 is 0 Å². The fourth-order valence-electron chi connectivity index (χ4n) is 1.80. The van der Waals surface area contributed by atoms with Crippen molar-refractivity contribution >= 4 is 0 Å². The third-order valence-electron chi connectivity index (χ3n) is 2.74. The van der Waals surface area contributed by atoms with Crippen LogP contribution in [-0.4, -0.2) is 24.5 Å². The van der Waals surface area contributed by atoms with Crippen molar-refractivity contribution in [2.75, 3.05) is 14.2 Å². The number of benzene rings is 1. The van der Waals surface area contributed by atoms with E-state index in [4.69, 9.17) is 18.7 Å². The van der Waals surface area contributed by atoms with Gasteiger partial charge in [-0.15, -0.1) is 0 Å². The van der Waals surface area contributed by atoms with Crippen LogP contribution in [0, 0.1) is 6.92 Å². The van der Waals surface area contributed by atoms with Crippen molar-refractivity contribution in [1.29, 1.82) is 0 Å². The summed E-state index contributed by atoms with van der Waals surface area (Å²) < 4.78 is 21.3. The quantitative estimate of drug-likeness (QED) is 0.872. The highest BCUT2D eigenvalue weighted by Crippen LogP contribution is 2.39. The molecule has 0 unspecified atom stereocenters. The van der Waals surface area contributed by atoms with E-state index in [1.54, 1.807) is 18.2 Å². The molecule has 0 atom stereocenters. The summed E-state index contributed by atoms with van der Waals surface area (Å²) in [5.74, 6) is 2.05. The lowest BCUT2D eigenvalue weighted by Crippen LogP contribution is -2.01. The van der Waals surface area contributed by atoms with E-state index in [0.29, 0.717) is 28.6 Å². The molecule has 1 N–H and O–H groups in total. The molecule has 0 radical (unpaired) electrons. The van der Waals surface area contributed by atoms with Crippen LogP contribution < -0.4 is 14.2 Å². The van der Waals surface area contributed by atoms with Crippen LogP contribution in [0.2, 0.25) is 0 Å². The van der Waals surface area contributed by atoms with Crippen LogP contribution in [0.5, 0.6) is 17.2 Å². The Morgan fingerprint density at radius 1 is 1.15 bits per heavy atom. The van der Waals surface area contributed by atoms with E-state index < -0.39 is 0 Å². The Kier molecular flexibility index (Phi) is 4.47. The predicted molar refractivity (Wildman–Crippen MR) is 71.0 cm³/mol. The molecule has 0 aliphatic rings. The Hall–Kier alpha value is -2.21. The van der Waals surface area contributed by atoms with Crippen molar-refractivity contribution in [2.45, 2.75) is 20.1 Å². The smallest absolute Gasteiger partial charge is 0.204 e. The zero-order valence-corrected chi connectivity index (χ0v) is 11.7. The van der Waals surface area contributed by atoms with E-state index in [9.17, 15) is 5.11 Å². The summed E-state index contributed by atoms with van der Waals surface area (Å²) >= 11 is 0. The third-order valence-corrected chi connectivity index (χ3v) is 2.74. The minimum atomic E-state index is -0.103. The molecule has 6 heteroatoms. The minimum Gasteiger partial charge on any atom is -0.493 e. The van der Waals surface area contributed by atoms with Crippen molar-refractivity contribution in [3.8, 4) is 17.2 Å². The summed E-state index contributed by atoms with van der Waals surface area (Å²) in [7, 11) is 3.06. The molecule has 2 aromatic rings. The second-order valence-electron chi connectivity index (χ2n) is 4.21. The molecule has 1 aromatic heterocycles. The number of nitrogens with zero attached hydrogens (tertiary/aromatic N) is 1. The molecule has 0 saturated carbocycles. The van der Waals surface area contributed by atoms with E-state index in [2.05, 4.69) is 5.16 Å². The molecule has 1 heterocycles. The first kappa shape index (κ1) is 14.2. The zero-order valence-electron chi connectivity index (χ0n) is 11.7. The van der Waals surface area contributed by atoms with Crippen molar-refractivity contribution in [2.24, 2.45) is 0 Å². The third kappa shape index (κ3) is 3.03. The van der Waals surface area contributed by atoms with Gasteiger partial charge in [0, 0.05) is 6.07 Å². The van der Waals surface area contributed by atoms with Crippen LogP contribution in [0.25, 0.3) is 0 Å². The number of aryl methyl sites for hydroxylation is 1. The van der Waals surface area contributed by atoms with Crippen molar-refractivity contribution in [1.82, 2.24) is 5.16 Å². The molecule has 0 saturated heterocycles. The SMILES string of the molecule is COc1cc(CO)cc(OC)c1OCc1cc(C)no1. The van der Waals surface area contributed by atoms with Crippen molar-refractivity contribution in [3.05, 3.63) is 35.2 Å². The lowest BCUT2D eigenvalue weighted by atomic mass is 10.2. The number of aromatic nitrogens is 1. The summed E-state index contributed by atoms with van der Waals surface area (Å²) in [4.78, 5) is 0. The average molecular weight is 279 g/mol. The average Bonchev–Trinajstić information content (AvgIpc) is 2.89. The van der Waals surface area contributed by atoms with Gasteiger partial charge in [0.2, 0.25) is 5.75 Å². The fraction of sp³-hybridized carbons (Fsp3) is 0.357. The van der Waals surface area contributed by atoms with Crippen LogP contribution in [-0.2, 0) is 13.2 Å². The maximum atomic E-state index is 9.20. The normalized spacial score (nSPS) is 10.4. The Bertz CT molecular complexity index is 554. The molecule has 2 rings (SSSR count).